The van der Waals surface area contributed by atoms with Crippen molar-refractivity contribution < 1.29 is 9.13 Å². The first-order valence-corrected chi connectivity index (χ1v) is 13.1. The van der Waals surface area contributed by atoms with Gasteiger partial charge in [0, 0.05) is 29.8 Å². The van der Waals surface area contributed by atoms with Crippen molar-refractivity contribution in [1.29, 1.82) is 5.26 Å². The van der Waals surface area contributed by atoms with Crippen LogP contribution in [-0.2, 0) is 10.2 Å². The molecule has 0 spiro atoms. The number of rotatable bonds is 5. The van der Waals surface area contributed by atoms with Crippen LogP contribution < -0.4 is 0 Å². The fourth-order valence-electron chi connectivity index (χ4n) is 4.98. The Balaban J connectivity index is 1.41. The number of nitriles is 1. The predicted octanol–water partition coefficient (Wildman–Crippen LogP) is 5.81. The minimum Gasteiger partial charge on any atom is -0.373 e. The molecular formula is C29H30FN7O. The Labute approximate surface area is 220 Å². The molecule has 1 saturated heterocycles. The molecule has 0 amide bonds. The van der Waals surface area contributed by atoms with E-state index in [1.807, 2.05) is 24.7 Å². The van der Waals surface area contributed by atoms with Gasteiger partial charge in [0.05, 0.1) is 41.2 Å². The van der Waals surface area contributed by atoms with Crippen molar-refractivity contribution in [1.82, 2.24) is 29.7 Å². The Morgan fingerprint density at radius 3 is 2.61 bits per heavy atom. The van der Waals surface area contributed by atoms with E-state index in [0.29, 0.717) is 52.9 Å². The number of hydrogen-bond acceptors (Lipinski definition) is 7. The molecule has 2 atom stereocenters. The Hall–Kier alpha value is -3.77. The van der Waals surface area contributed by atoms with Gasteiger partial charge in [0.1, 0.15) is 22.9 Å². The number of halogens is 1. The molecule has 2 fully saturated rings. The molecule has 1 aromatic carbocycles. The van der Waals surface area contributed by atoms with Gasteiger partial charge in [-0.3, -0.25) is 4.68 Å². The van der Waals surface area contributed by atoms with Crippen LogP contribution in [0, 0.1) is 31.0 Å². The summed E-state index contributed by atoms with van der Waals surface area (Å²) in [5.41, 5.74) is 4.06. The van der Waals surface area contributed by atoms with Crippen LogP contribution in [0.15, 0.2) is 30.6 Å². The molecule has 0 radical (unpaired) electrons. The fourth-order valence-corrected chi connectivity index (χ4v) is 4.98. The SMILES string of the molecule is Cc1nc2nc([C@@H]3CCO[C@H](c4cnn(C5CC5)c4)C3)nc(-c3ccc(C(C)(C)C#N)cc3F)c2nc1C. The summed E-state index contributed by atoms with van der Waals surface area (Å²) in [6, 6.07) is 7.64. The summed E-state index contributed by atoms with van der Waals surface area (Å²) in [5, 5.41) is 14.0. The van der Waals surface area contributed by atoms with E-state index in [9.17, 15) is 5.26 Å². The second-order valence-electron chi connectivity index (χ2n) is 11.0. The monoisotopic (exact) mass is 511 g/mol. The maximum Gasteiger partial charge on any atom is 0.182 e. The van der Waals surface area contributed by atoms with E-state index in [1.54, 1.807) is 26.0 Å². The molecule has 2 aliphatic rings. The summed E-state index contributed by atoms with van der Waals surface area (Å²) in [6.07, 6.45) is 7.71. The van der Waals surface area contributed by atoms with E-state index < -0.39 is 11.2 Å². The van der Waals surface area contributed by atoms with E-state index in [4.69, 9.17) is 24.7 Å². The third-order valence-electron chi connectivity index (χ3n) is 7.75. The number of fused-ring (bicyclic) bond motifs is 1. The lowest BCUT2D eigenvalue weighted by Gasteiger charge is -2.28. The predicted molar refractivity (Wildman–Crippen MR) is 140 cm³/mol. The topological polar surface area (TPSA) is 102 Å². The molecule has 0 N–H and O–H groups in total. The molecule has 1 saturated carbocycles. The van der Waals surface area contributed by atoms with Gasteiger partial charge >= 0.3 is 0 Å². The number of ether oxygens (including phenoxy) is 1. The van der Waals surface area contributed by atoms with E-state index in [2.05, 4.69) is 17.4 Å². The van der Waals surface area contributed by atoms with Crippen LogP contribution in [0.3, 0.4) is 0 Å². The van der Waals surface area contributed by atoms with E-state index >= 15 is 4.39 Å². The minimum absolute atomic E-state index is 0.0180. The number of aromatic nitrogens is 6. The number of aryl methyl sites for hydroxylation is 2. The van der Waals surface area contributed by atoms with Gasteiger partial charge in [-0.05, 0) is 71.1 Å². The lowest BCUT2D eigenvalue weighted by molar-refractivity contribution is 0.00396. The van der Waals surface area contributed by atoms with Crippen LogP contribution in [0.1, 0.15) is 85.9 Å². The molecule has 4 heterocycles. The standard InChI is InChI=1S/C29H30FN7O/c1-16-17(2)34-28-26(33-16)25(22-8-5-20(12-23(22)30)29(3,4)15-31)35-27(36-28)18-9-10-38-24(11-18)19-13-32-37(14-19)21-6-7-21/h5,8,12-14,18,21,24H,6-7,9-11H2,1-4H3/t18-,24+/m1/s1. The molecule has 9 heteroatoms. The Kier molecular flexibility index (Phi) is 5.95. The van der Waals surface area contributed by atoms with Crippen LogP contribution in [-0.4, -0.2) is 36.3 Å². The summed E-state index contributed by atoms with van der Waals surface area (Å²) in [5.74, 6) is 0.187. The maximum absolute atomic E-state index is 15.6. The summed E-state index contributed by atoms with van der Waals surface area (Å²) >= 11 is 0. The van der Waals surface area contributed by atoms with Crippen molar-refractivity contribution in [2.75, 3.05) is 6.61 Å². The average molecular weight is 512 g/mol. The van der Waals surface area contributed by atoms with Crippen molar-refractivity contribution in [3.05, 3.63) is 64.7 Å². The Bertz CT molecular complexity index is 1580. The van der Waals surface area contributed by atoms with E-state index in [-0.39, 0.29) is 12.0 Å². The van der Waals surface area contributed by atoms with Crippen LogP contribution in [0.2, 0.25) is 0 Å². The fraction of sp³-hybridized carbons (Fsp3) is 0.448. The highest BCUT2D eigenvalue weighted by atomic mass is 19.1. The average Bonchev–Trinajstić information content (AvgIpc) is 3.65. The van der Waals surface area contributed by atoms with Crippen molar-refractivity contribution in [2.24, 2.45) is 0 Å². The zero-order chi connectivity index (χ0) is 26.6. The second-order valence-corrected chi connectivity index (χ2v) is 11.0. The van der Waals surface area contributed by atoms with Gasteiger partial charge in [-0.2, -0.15) is 10.4 Å². The van der Waals surface area contributed by atoms with Crippen molar-refractivity contribution in [3.63, 3.8) is 0 Å². The summed E-state index contributed by atoms with van der Waals surface area (Å²) < 4.78 is 23.7. The first kappa shape index (κ1) is 24.6. The van der Waals surface area contributed by atoms with Crippen LogP contribution in [0.4, 0.5) is 4.39 Å². The van der Waals surface area contributed by atoms with Gasteiger partial charge in [0.25, 0.3) is 0 Å². The van der Waals surface area contributed by atoms with Crippen LogP contribution in [0.5, 0.6) is 0 Å². The van der Waals surface area contributed by atoms with Gasteiger partial charge in [0.2, 0.25) is 0 Å². The molecule has 4 aromatic rings. The summed E-state index contributed by atoms with van der Waals surface area (Å²) in [6.45, 7) is 7.88. The van der Waals surface area contributed by atoms with Gasteiger partial charge in [-0.1, -0.05) is 6.07 Å². The maximum atomic E-state index is 15.6. The molecular weight excluding hydrogens is 481 g/mol. The minimum atomic E-state index is -0.809. The number of benzene rings is 1. The largest absolute Gasteiger partial charge is 0.373 e. The molecule has 38 heavy (non-hydrogen) atoms. The van der Waals surface area contributed by atoms with E-state index in [0.717, 1.165) is 23.4 Å². The Morgan fingerprint density at radius 1 is 1.08 bits per heavy atom. The lowest BCUT2D eigenvalue weighted by atomic mass is 9.85. The number of nitrogens with zero attached hydrogens (tertiary/aromatic N) is 7. The first-order valence-electron chi connectivity index (χ1n) is 13.1. The van der Waals surface area contributed by atoms with Gasteiger partial charge in [-0.15, -0.1) is 0 Å². The molecule has 6 rings (SSSR count). The zero-order valence-electron chi connectivity index (χ0n) is 22.1. The van der Waals surface area contributed by atoms with Gasteiger partial charge in [0.15, 0.2) is 5.65 Å². The highest BCUT2D eigenvalue weighted by Gasteiger charge is 2.31. The highest BCUT2D eigenvalue weighted by molar-refractivity contribution is 5.87. The molecule has 194 valence electrons. The van der Waals surface area contributed by atoms with Crippen LogP contribution in [0.25, 0.3) is 22.4 Å². The van der Waals surface area contributed by atoms with Crippen molar-refractivity contribution in [3.8, 4) is 17.3 Å². The highest BCUT2D eigenvalue weighted by Crippen LogP contribution is 2.40. The molecule has 3 aromatic heterocycles. The third kappa shape index (κ3) is 4.43. The smallest absolute Gasteiger partial charge is 0.182 e. The zero-order valence-corrected chi connectivity index (χ0v) is 22.1. The van der Waals surface area contributed by atoms with Gasteiger partial charge < -0.3 is 4.74 Å². The van der Waals surface area contributed by atoms with Crippen molar-refractivity contribution in [2.45, 2.75) is 76.9 Å². The van der Waals surface area contributed by atoms with Gasteiger partial charge in [-0.25, -0.2) is 24.3 Å². The van der Waals surface area contributed by atoms with Crippen LogP contribution >= 0.6 is 0 Å². The molecule has 1 aliphatic carbocycles. The molecule has 0 unspecified atom stereocenters. The molecule has 8 nitrogen and oxygen atoms in total. The molecule has 1 aliphatic heterocycles. The lowest BCUT2D eigenvalue weighted by Crippen LogP contribution is -2.20. The van der Waals surface area contributed by atoms with E-state index in [1.165, 1.54) is 18.9 Å². The normalized spacial score (nSPS) is 20.0. The van der Waals surface area contributed by atoms with Crippen molar-refractivity contribution >= 4 is 11.2 Å². The quantitative estimate of drug-likeness (QED) is 0.333. The second kappa shape index (κ2) is 9.21. The molecule has 0 bridgehead atoms. The summed E-state index contributed by atoms with van der Waals surface area (Å²) in [7, 11) is 0. The first-order chi connectivity index (χ1) is 18.2. The summed E-state index contributed by atoms with van der Waals surface area (Å²) in [4.78, 5) is 19.2. The third-order valence-corrected chi connectivity index (χ3v) is 7.75. The number of hydrogen-bond donors (Lipinski definition) is 0. The Morgan fingerprint density at radius 2 is 1.87 bits per heavy atom.